The second-order valence-electron chi connectivity index (χ2n) is 9.53. The van der Waals surface area contributed by atoms with Crippen LogP contribution < -0.4 is 9.64 Å². The minimum atomic E-state index is -1.01. The van der Waals surface area contributed by atoms with Gasteiger partial charge >= 0.3 is 0 Å². The number of aryl methyl sites for hydroxylation is 1. The molecule has 6 rings (SSSR count). The van der Waals surface area contributed by atoms with Crippen LogP contribution in [0.1, 0.15) is 33.1 Å². The van der Waals surface area contributed by atoms with E-state index in [1.807, 2.05) is 24.3 Å². The van der Waals surface area contributed by atoms with E-state index in [1.165, 1.54) is 25.3 Å². The lowest BCUT2D eigenvalue weighted by atomic mass is 9.83. The maximum absolute atomic E-state index is 14.0. The molecule has 0 radical (unpaired) electrons. The van der Waals surface area contributed by atoms with Crippen LogP contribution in [0.15, 0.2) is 71.8 Å². The average Bonchev–Trinajstić information content (AvgIpc) is 3.40. The normalized spacial score (nSPS) is 23.2. The molecule has 0 saturated carbocycles. The van der Waals surface area contributed by atoms with Crippen molar-refractivity contribution in [2.45, 2.75) is 19.0 Å². The summed E-state index contributed by atoms with van der Waals surface area (Å²) in [7, 11) is 1.53. The monoisotopic (exact) mass is 510 g/mol. The number of carbonyl (C=O) groups excluding carboxylic acids is 3. The number of non-ortho nitro benzene ring substituents is 1. The summed E-state index contributed by atoms with van der Waals surface area (Å²) in [5.74, 6) is -2.57. The van der Waals surface area contributed by atoms with Gasteiger partial charge in [0.2, 0.25) is 11.8 Å². The number of carbonyl (C=O) groups is 3. The number of Topliss-reactive ketones (excluding diaryl/α,β-unsaturated/α-hetero) is 1. The Morgan fingerprint density at radius 1 is 1.00 bits per heavy atom. The van der Waals surface area contributed by atoms with E-state index in [2.05, 4.69) is 5.10 Å². The Hall–Kier alpha value is -4.86. The Bertz CT molecular complexity index is 1550. The van der Waals surface area contributed by atoms with Crippen LogP contribution in [0.2, 0.25) is 0 Å². The molecule has 3 aromatic rings. The molecule has 1 unspecified atom stereocenters. The van der Waals surface area contributed by atoms with E-state index in [1.54, 1.807) is 42.4 Å². The van der Waals surface area contributed by atoms with Crippen molar-refractivity contribution in [2.24, 2.45) is 16.9 Å². The van der Waals surface area contributed by atoms with Crippen molar-refractivity contribution in [1.82, 2.24) is 5.01 Å². The van der Waals surface area contributed by atoms with Crippen LogP contribution in [0.5, 0.6) is 5.75 Å². The van der Waals surface area contributed by atoms with E-state index in [9.17, 15) is 24.5 Å². The van der Waals surface area contributed by atoms with Crippen molar-refractivity contribution in [3.05, 3.63) is 99.1 Å². The number of nitrogens with zero attached hydrogens (tertiary/aromatic N) is 4. The smallest absolute Gasteiger partial charge is 0.269 e. The van der Waals surface area contributed by atoms with Gasteiger partial charge in [-0.2, -0.15) is 5.10 Å². The second kappa shape index (κ2) is 8.62. The minimum absolute atomic E-state index is 0.139. The SMILES string of the molecule is COc1ccc(C(=O)[C@@H]2[C@@H]3C(=O)N(c4ccc([N+](=O)[O-])cc4C)C(=O)[C@@H]3C3c4ccccc4C=NN32)cc1. The lowest BCUT2D eigenvalue weighted by molar-refractivity contribution is -0.384. The van der Waals surface area contributed by atoms with Crippen molar-refractivity contribution in [1.29, 1.82) is 0 Å². The van der Waals surface area contributed by atoms with Crippen molar-refractivity contribution >= 4 is 35.2 Å². The number of methoxy groups -OCH3 is 1. The third kappa shape index (κ3) is 3.33. The molecule has 2 fully saturated rings. The van der Waals surface area contributed by atoms with E-state index < -0.39 is 40.7 Å². The van der Waals surface area contributed by atoms with Crippen LogP contribution in [0.4, 0.5) is 11.4 Å². The number of ketones is 1. The zero-order valence-electron chi connectivity index (χ0n) is 20.5. The Morgan fingerprint density at radius 2 is 1.71 bits per heavy atom. The van der Waals surface area contributed by atoms with Crippen LogP contribution in [-0.2, 0) is 9.59 Å². The molecule has 4 atom stereocenters. The summed E-state index contributed by atoms with van der Waals surface area (Å²) in [4.78, 5) is 53.7. The molecule has 0 spiro atoms. The highest BCUT2D eigenvalue weighted by Gasteiger charge is 2.65. The highest BCUT2D eigenvalue weighted by molar-refractivity contribution is 6.25. The molecule has 190 valence electrons. The first-order valence-electron chi connectivity index (χ1n) is 12.0. The van der Waals surface area contributed by atoms with Crippen molar-refractivity contribution in [3.63, 3.8) is 0 Å². The summed E-state index contributed by atoms with van der Waals surface area (Å²) < 4.78 is 5.20. The van der Waals surface area contributed by atoms with Gasteiger partial charge in [0.1, 0.15) is 11.8 Å². The van der Waals surface area contributed by atoms with Crippen LogP contribution in [0, 0.1) is 28.9 Å². The first-order valence-corrected chi connectivity index (χ1v) is 12.0. The summed E-state index contributed by atoms with van der Waals surface area (Å²) >= 11 is 0. The fourth-order valence-corrected chi connectivity index (χ4v) is 5.84. The average molecular weight is 511 g/mol. The number of hydrogen-bond donors (Lipinski definition) is 0. The van der Waals surface area contributed by atoms with Gasteiger partial charge in [-0.25, -0.2) is 4.90 Å². The number of ether oxygens (including phenoxy) is 1. The van der Waals surface area contributed by atoms with Gasteiger partial charge in [0.05, 0.1) is 41.8 Å². The molecule has 10 nitrogen and oxygen atoms in total. The van der Waals surface area contributed by atoms with Crippen molar-refractivity contribution < 1.29 is 24.0 Å². The van der Waals surface area contributed by atoms with Gasteiger partial charge in [0.15, 0.2) is 5.78 Å². The van der Waals surface area contributed by atoms with E-state index in [0.29, 0.717) is 16.9 Å². The number of fused-ring (bicyclic) bond motifs is 5. The number of nitro groups is 1. The quantitative estimate of drug-likeness (QED) is 0.222. The van der Waals surface area contributed by atoms with E-state index in [0.717, 1.165) is 16.0 Å². The standard InChI is InChI=1S/C28H22N4O6/c1-15-13-18(32(36)37)9-12-21(15)30-27(34)22-23(28(30)35)25(26(33)16-7-10-19(38-2)11-8-16)31-24(22)20-6-4-3-5-17(20)14-29-31/h3-14,22-25H,1-2H3/t22-,23+,24?,25-/m0/s1. The zero-order valence-corrected chi connectivity index (χ0v) is 20.5. The van der Waals surface area contributed by atoms with Gasteiger partial charge < -0.3 is 4.74 Å². The Kier molecular flexibility index (Phi) is 5.34. The number of rotatable bonds is 5. The van der Waals surface area contributed by atoms with Crippen molar-refractivity contribution in [3.8, 4) is 5.75 Å². The molecule has 0 aromatic heterocycles. The van der Waals surface area contributed by atoms with Gasteiger partial charge in [0, 0.05) is 17.7 Å². The number of amides is 2. The number of nitro benzene ring substituents is 1. The molecule has 0 bridgehead atoms. The lowest BCUT2D eigenvalue weighted by Crippen LogP contribution is -2.44. The third-order valence-electron chi connectivity index (χ3n) is 7.57. The largest absolute Gasteiger partial charge is 0.497 e. The van der Waals surface area contributed by atoms with Crippen LogP contribution in [0.3, 0.4) is 0 Å². The summed E-state index contributed by atoms with van der Waals surface area (Å²) in [6.07, 6.45) is 1.65. The second-order valence-corrected chi connectivity index (χ2v) is 9.53. The number of hydrogen-bond acceptors (Lipinski definition) is 8. The molecule has 3 aromatic carbocycles. The first-order chi connectivity index (χ1) is 18.3. The Balaban J connectivity index is 1.47. The maximum Gasteiger partial charge on any atom is 0.269 e. The van der Waals surface area contributed by atoms with E-state index in [4.69, 9.17) is 4.74 Å². The molecule has 2 amide bonds. The number of imide groups is 1. The molecule has 38 heavy (non-hydrogen) atoms. The highest BCUT2D eigenvalue weighted by Crippen LogP contribution is 2.53. The van der Waals surface area contributed by atoms with E-state index in [-0.39, 0.29) is 17.2 Å². The van der Waals surface area contributed by atoms with Gasteiger partial charge in [-0.1, -0.05) is 24.3 Å². The Labute approximate surface area is 217 Å². The summed E-state index contributed by atoms with van der Waals surface area (Å²) in [5, 5.41) is 17.4. The molecule has 2 saturated heterocycles. The molecule has 3 aliphatic heterocycles. The van der Waals surface area contributed by atoms with E-state index >= 15 is 0 Å². The van der Waals surface area contributed by atoms with Crippen LogP contribution in [0.25, 0.3) is 0 Å². The van der Waals surface area contributed by atoms with Crippen LogP contribution >= 0.6 is 0 Å². The van der Waals surface area contributed by atoms with Crippen LogP contribution in [-0.4, -0.2) is 46.9 Å². The number of benzene rings is 3. The summed E-state index contributed by atoms with van der Waals surface area (Å²) in [6.45, 7) is 1.61. The molecule has 0 aliphatic carbocycles. The number of anilines is 1. The highest BCUT2D eigenvalue weighted by atomic mass is 16.6. The zero-order chi connectivity index (χ0) is 26.7. The molecular formula is C28H22N4O6. The Morgan fingerprint density at radius 3 is 2.39 bits per heavy atom. The van der Waals surface area contributed by atoms with Crippen molar-refractivity contribution in [2.75, 3.05) is 12.0 Å². The lowest BCUT2D eigenvalue weighted by Gasteiger charge is -2.34. The predicted molar refractivity (Wildman–Crippen MR) is 137 cm³/mol. The van der Waals surface area contributed by atoms with Gasteiger partial charge in [0.25, 0.3) is 5.69 Å². The first kappa shape index (κ1) is 23.5. The molecule has 3 heterocycles. The number of hydrazone groups is 1. The maximum atomic E-state index is 14.0. The molecular weight excluding hydrogens is 488 g/mol. The van der Waals surface area contributed by atoms with Gasteiger partial charge in [-0.3, -0.25) is 29.5 Å². The molecule has 10 heteroatoms. The molecule has 0 N–H and O–H groups in total. The topological polar surface area (TPSA) is 122 Å². The van der Waals surface area contributed by atoms with Gasteiger partial charge in [-0.05, 0) is 53.9 Å². The fourth-order valence-electron chi connectivity index (χ4n) is 5.84. The summed E-state index contributed by atoms with van der Waals surface area (Å²) in [6, 6.07) is 16.4. The summed E-state index contributed by atoms with van der Waals surface area (Å²) in [5.41, 5.74) is 2.54. The molecule has 3 aliphatic rings. The minimum Gasteiger partial charge on any atom is -0.497 e. The third-order valence-corrected chi connectivity index (χ3v) is 7.57. The fraction of sp³-hybridized carbons (Fsp3) is 0.214. The predicted octanol–water partition coefficient (Wildman–Crippen LogP) is 3.67. The van der Waals surface area contributed by atoms with Gasteiger partial charge in [-0.15, -0.1) is 0 Å².